The highest BCUT2D eigenvalue weighted by molar-refractivity contribution is 7.13. The van der Waals surface area contributed by atoms with Gasteiger partial charge in [0, 0.05) is 24.2 Å². The Morgan fingerprint density at radius 2 is 2.08 bits per heavy atom. The summed E-state index contributed by atoms with van der Waals surface area (Å²) in [6, 6.07) is 14.2. The summed E-state index contributed by atoms with van der Waals surface area (Å²) in [5.41, 5.74) is 2.72. The van der Waals surface area contributed by atoms with Crippen LogP contribution < -0.4 is 5.32 Å². The van der Waals surface area contributed by atoms with Crippen LogP contribution in [0.5, 0.6) is 0 Å². The van der Waals surface area contributed by atoms with E-state index in [0.717, 1.165) is 12.1 Å². The second kappa shape index (κ2) is 8.78. The number of nitrogens with one attached hydrogen (secondary N) is 1. The Morgan fingerprint density at radius 1 is 1.27 bits per heavy atom. The molecule has 0 bridgehead atoms. The first-order valence-electron chi connectivity index (χ1n) is 8.71. The summed E-state index contributed by atoms with van der Waals surface area (Å²) in [6.45, 7) is 5.17. The van der Waals surface area contributed by atoms with E-state index in [2.05, 4.69) is 29.4 Å². The number of benzene rings is 1. The van der Waals surface area contributed by atoms with Gasteiger partial charge < -0.3 is 9.30 Å². The van der Waals surface area contributed by atoms with Crippen molar-refractivity contribution in [1.29, 1.82) is 0 Å². The van der Waals surface area contributed by atoms with Crippen molar-refractivity contribution in [2.75, 3.05) is 11.9 Å². The van der Waals surface area contributed by atoms with Gasteiger partial charge in [-0.05, 0) is 38.0 Å². The summed E-state index contributed by atoms with van der Waals surface area (Å²) in [6.07, 6.45) is 2.82. The van der Waals surface area contributed by atoms with E-state index >= 15 is 0 Å². The fourth-order valence-electron chi connectivity index (χ4n) is 2.82. The number of hydrogen-bond donors (Lipinski definition) is 1. The Bertz CT molecular complexity index is 842. The van der Waals surface area contributed by atoms with Gasteiger partial charge in [-0.25, -0.2) is 4.98 Å². The molecule has 26 heavy (non-hydrogen) atoms. The predicted octanol–water partition coefficient (Wildman–Crippen LogP) is 4.54. The lowest BCUT2D eigenvalue weighted by Crippen LogP contribution is -2.19. The van der Waals surface area contributed by atoms with Gasteiger partial charge in [0.05, 0.1) is 12.3 Å². The largest absolute Gasteiger partial charge is 0.375 e. The molecule has 0 radical (unpaired) electrons. The number of aromatic nitrogens is 2. The summed E-state index contributed by atoms with van der Waals surface area (Å²) in [4.78, 5) is 17.1. The molecular weight excluding hydrogens is 346 g/mol. The van der Waals surface area contributed by atoms with Crippen molar-refractivity contribution < 1.29 is 9.53 Å². The Kier molecular flexibility index (Phi) is 6.20. The van der Waals surface area contributed by atoms with Gasteiger partial charge in [0.1, 0.15) is 5.69 Å². The zero-order valence-corrected chi connectivity index (χ0v) is 15.8. The van der Waals surface area contributed by atoms with E-state index in [1.165, 1.54) is 16.9 Å². The van der Waals surface area contributed by atoms with Crippen molar-refractivity contribution in [2.24, 2.45) is 0 Å². The van der Waals surface area contributed by atoms with Crippen molar-refractivity contribution in [3.63, 3.8) is 0 Å². The van der Waals surface area contributed by atoms with Gasteiger partial charge >= 0.3 is 0 Å². The van der Waals surface area contributed by atoms with E-state index in [1.807, 2.05) is 53.4 Å². The lowest BCUT2D eigenvalue weighted by Gasteiger charge is -2.17. The number of anilines is 1. The standard InChI is InChI=1S/C20H23N3O2S/c1-3-25-13-17-14-26-20(21-17)22-19(24)18-10-7-11-23(18)15(2)12-16-8-5-4-6-9-16/h4-11,14-15H,3,12-13H2,1-2H3,(H,21,22,24). The van der Waals surface area contributed by atoms with Gasteiger partial charge in [-0.1, -0.05) is 30.3 Å². The third-order valence-corrected chi connectivity index (χ3v) is 4.89. The van der Waals surface area contributed by atoms with Gasteiger partial charge in [-0.2, -0.15) is 0 Å². The van der Waals surface area contributed by atoms with Crippen LogP contribution >= 0.6 is 11.3 Å². The summed E-state index contributed by atoms with van der Waals surface area (Å²) in [5.74, 6) is -0.146. The van der Waals surface area contributed by atoms with E-state index in [-0.39, 0.29) is 11.9 Å². The molecule has 0 saturated carbocycles. The number of rotatable bonds is 8. The Hall–Kier alpha value is -2.44. The third-order valence-electron chi connectivity index (χ3n) is 4.09. The number of nitrogens with zero attached hydrogens (tertiary/aromatic N) is 2. The molecule has 2 aromatic heterocycles. The molecule has 0 saturated heterocycles. The first-order valence-corrected chi connectivity index (χ1v) is 9.59. The van der Waals surface area contributed by atoms with Crippen LogP contribution in [0, 0.1) is 0 Å². The Balaban J connectivity index is 1.67. The van der Waals surface area contributed by atoms with Crippen LogP contribution in [0.3, 0.4) is 0 Å². The summed E-state index contributed by atoms with van der Waals surface area (Å²) >= 11 is 1.41. The van der Waals surface area contributed by atoms with Crippen LogP contribution in [0.25, 0.3) is 0 Å². The van der Waals surface area contributed by atoms with Crippen LogP contribution in [-0.4, -0.2) is 22.1 Å². The molecule has 1 unspecified atom stereocenters. The molecule has 136 valence electrons. The molecule has 5 nitrogen and oxygen atoms in total. The molecule has 1 aromatic carbocycles. The number of carbonyl (C=O) groups is 1. The molecule has 1 atom stereocenters. The fourth-order valence-corrected chi connectivity index (χ4v) is 3.51. The van der Waals surface area contributed by atoms with Gasteiger partial charge in [-0.3, -0.25) is 10.1 Å². The zero-order chi connectivity index (χ0) is 18.4. The van der Waals surface area contributed by atoms with Crippen molar-refractivity contribution >= 4 is 22.4 Å². The highest BCUT2D eigenvalue weighted by atomic mass is 32.1. The van der Waals surface area contributed by atoms with Crippen molar-refractivity contribution in [3.8, 4) is 0 Å². The van der Waals surface area contributed by atoms with Crippen LogP contribution in [0.15, 0.2) is 54.0 Å². The van der Waals surface area contributed by atoms with Gasteiger partial charge in [-0.15, -0.1) is 11.3 Å². The normalized spacial score (nSPS) is 12.1. The number of carbonyl (C=O) groups excluding carboxylic acids is 1. The second-order valence-corrected chi connectivity index (χ2v) is 6.93. The molecule has 1 amide bonds. The van der Waals surface area contributed by atoms with Gasteiger partial charge in [0.2, 0.25) is 0 Å². The van der Waals surface area contributed by atoms with Crippen LogP contribution in [0.1, 0.15) is 41.6 Å². The molecule has 1 N–H and O–H groups in total. The van der Waals surface area contributed by atoms with E-state index < -0.39 is 0 Å². The number of amides is 1. The highest BCUT2D eigenvalue weighted by Crippen LogP contribution is 2.20. The minimum absolute atomic E-state index is 0.146. The zero-order valence-electron chi connectivity index (χ0n) is 15.0. The van der Waals surface area contributed by atoms with Gasteiger partial charge in [0.25, 0.3) is 5.91 Å². The lowest BCUT2D eigenvalue weighted by molar-refractivity contribution is 0.101. The molecule has 6 heteroatoms. The predicted molar refractivity (Wildman–Crippen MR) is 105 cm³/mol. The maximum Gasteiger partial charge on any atom is 0.274 e. The highest BCUT2D eigenvalue weighted by Gasteiger charge is 2.16. The van der Waals surface area contributed by atoms with Crippen LogP contribution in [0.4, 0.5) is 5.13 Å². The summed E-state index contributed by atoms with van der Waals surface area (Å²) < 4.78 is 7.36. The molecule has 3 rings (SSSR count). The fraction of sp³-hybridized carbons (Fsp3) is 0.300. The molecule has 3 aromatic rings. The van der Waals surface area contributed by atoms with E-state index in [9.17, 15) is 4.79 Å². The quantitative estimate of drug-likeness (QED) is 0.634. The number of thiazole rings is 1. The van der Waals surface area contributed by atoms with Crippen molar-refractivity contribution in [1.82, 2.24) is 9.55 Å². The molecule has 0 aliphatic heterocycles. The molecule has 0 fully saturated rings. The summed E-state index contributed by atoms with van der Waals surface area (Å²) in [5, 5.41) is 5.39. The van der Waals surface area contributed by atoms with Crippen LogP contribution in [-0.2, 0) is 17.8 Å². The minimum Gasteiger partial charge on any atom is -0.375 e. The number of hydrogen-bond acceptors (Lipinski definition) is 4. The first kappa shape index (κ1) is 18.4. The number of ether oxygens (including phenoxy) is 1. The maximum absolute atomic E-state index is 12.7. The minimum atomic E-state index is -0.146. The first-order chi connectivity index (χ1) is 12.7. The summed E-state index contributed by atoms with van der Waals surface area (Å²) in [7, 11) is 0. The van der Waals surface area contributed by atoms with Gasteiger partial charge in [0.15, 0.2) is 5.13 Å². The smallest absolute Gasteiger partial charge is 0.274 e. The maximum atomic E-state index is 12.7. The molecule has 0 spiro atoms. The SMILES string of the molecule is CCOCc1csc(NC(=O)c2cccn2C(C)Cc2ccccc2)n1. The second-order valence-electron chi connectivity index (χ2n) is 6.07. The molecular formula is C20H23N3O2S. The lowest BCUT2D eigenvalue weighted by atomic mass is 10.1. The van der Waals surface area contributed by atoms with E-state index in [0.29, 0.717) is 24.0 Å². The van der Waals surface area contributed by atoms with E-state index in [4.69, 9.17) is 4.74 Å². The molecule has 0 aliphatic rings. The molecule has 2 heterocycles. The van der Waals surface area contributed by atoms with E-state index in [1.54, 1.807) is 0 Å². The third kappa shape index (κ3) is 4.59. The van der Waals surface area contributed by atoms with Crippen LogP contribution in [0.2, 0.25) is 0 Å². The Morgan fingerprint density at radius 3 is 2.85 bits per heavy atom. The topological polar surface area (TPSA) is 56.1 Å². The van der Waals surface area contributed by atoms with Crippen molar-refractivity contribution in [2.45, 2.75) is 32.9 Å². The Labute approximate surface area is 157 Å². The monoisotopic (exact) mass is 369 g/mol. The van der Waals surface area contributed by atoms with Crippen molar-refractivity contribution in [3.05, 3.63) is 71.0 Å². The average molecular weight is 369 g/mol. The average Bonchev–Trinajstić information content (AvgIpc) is 3.30. The molecule has 0 aliphatic carbocycles.